The number of para-hydroxylation sites is 1. The highest BCUT2D eigenvalue weighted by Crippen LogP contribution is 2.38. The van der Waals surface area contributed by atoms with Crippen LogP contribution in [-0.2, 0) is 6.42 Å². The number of nitrogen functional groups attached to an aromatic ring is 1. The van der Waals surface area contributed by atoms with Gasteiger partial charge in [-0.05, 0) is 36.6 Å². The molecule has 124 valence electrons. The number of aliphatic hydroxyl groups excluding tert-OH is 1. The van der Waals surface area contributed by atoms with Crippen LogP contribution >= 0.6 is 0 Å². The maximum Gasteiger partial charge on any atom is 0.203 e. The lowest BCUT2D eigenvalue weighted by Crippen LogP contribution is -2.04. The van der Waals surface area contributed by atoms with Gasteiger partial charge in [0.25, 0.3) is 0 Å². The molecule has 2 aromatic rings. The van der Waals surface area contributed by atoms with Crippen molar-refractivity contribution in [1.29, 1.82) is 0 Å². The average molecular weight is 317 g/mol. The highest BCUT2D eigenvalue weighted by Gasteiger charge is 2.15. The van der Waals surface area contributed by atoms with Crippen LogP contribution in [0.2, 0.25) is 0 Å². The summed E-state index contributed by atoms with van der Waals surface area (Å²) in [5.41, 5.74) is 8.25. The molecule has 0 aliphatic rings. The zero-order chi connectivity index (χ0) is 16.8. The second-order valence-electron chi connectivity index (χ2n) is 5.22. The first-order valence-corrected chi connectivity index (χ1v) is 7.42. The van der Waals surface area contributed by atoms with Gasteiger partial charge in [0.2, 0.25) is 5.75 Å². The number of anilines is 1. The van der Waals surface area contributed by atoms with Crippen molar-refractivity contribution in [2.75, 3.05) is 27.1 Å². The van der Waals surface area contributed by atoms with Crippen LogP contribution in [0, 0.1) is 0 Å². The monoisotopic (exact) mass is 317 g/mol. The molecule has 0 fully saturated rings. The summed E-state index contributed by atoms with van der Waals surface area (Å²) in [4.78, 5) is 0. The molecular formula is C18H23NO4. The number of hydrogen-bond acceptors (Lipinski definition) is 5. The van der Waals surface area contributed by atoms with Crippen molar-refractivity contribution in [3.05, 3.63) is 47.5 Å². The molecule has 0 aliphatic heterocycles. The van der Waals surface area contributed by atoms with Gasteiger partial charge in [-0.3, -0.25) is 0 Å². The van der Waals surface area contributed by atoms with Crippen LogP contribution in [0.4, 0.5) is 5.69 Å². The highest BCUT2D eigenvalue weighted by atomic mass is 16.5. The summed E-state index contributed by atoms with van der Waals surface area (Å²) in [6.45, 7) is 0. The van der Waals surface area contributed by atoms with E-state index >= 15 is 0 Å². The minimum Gasteiger partial charge on any atom is -0.493 e. The summed E-state index contributed by atoms with van der Waals surface area (Å²) in [5, 5.41) is 10.3. The molecule has 0 saturated heterocycles. The van der Waals surface area contributed by atoms with Gasteiger partial charge in [-0.25, -0.2) is 0 Å². The predicted molar refractivity (Wildman–Crippen MR) is 90.2 cm³/mol. The first kappa shape index (κ1) is 17.0. The summed E-state index contributed by atoms with van der Waals surface area (Å²) in [5.74, 6) is 1.78. The van der Waals surface area contributed by atoms with Gasteiger partial charge in [-0.2, -0.15) is 0 Å². The molecular weight excluding hydrogens is 294 g/mol. The molecule has 2 aromatic carbocycles. The largest absolute Gasteiger partial charge is 0.493 e. The Balaban J connectivity index is 2.16. The maximum atomic E-state index is 10.3. The molecule has 0 bridgehead atoms. The van der Waals surface area contributed by atoms with E-state index in [0.717, 1.165) is 11.1 Å². The van der Waals surface area contributed by atoms with Gasteiger partial charge < -0.3 is 25.1 Å². The van der Waals surface area contributed by atoms with E-state index in [2.05, 4.69) is 0 Å². The van der Waals surface area contributed by atoms with E-state index in [1.807, 2.05) is 30.3 Å². The normalized spacial score (nSPS) is 11.8. The first-order chi connectivity index (χ1) is 11.1. The topological polar surface area (TPSA) is 73.9 Å². The number of benzene rings is 2. The Morgan fingerprint density at radius 1 is 1.00 bits per heavy atom. The van der Waals surface area contributed by atoms with Crippen molar-refractivity contribution in [2.45, 2.75) is 18.9 Å². The number of methoxy groups -OCH3 is 3. The molecule has 0 radical (unpaired) electrons. The van der Waals surface area contributed by atoms with Crippen LogP contribution in [0.3, 0.4) is 0 Å². The number of hydrogen-bond donors (Lipinski definition) is 2. The van der Waals surface area contributed by atoms with E-state index < -0.39 is 6.10 Å². The zero-order valence-corrected chi connectivity index (χ0v) is 13.7. The van der Waals surface area contributed by atoms with E-state index in [9.17, 15) is 5.11 Å². The Kier molecular flexibility index (Phi) is 5.71. The predicted octanol–water partition coefficient (Wildman–Crippen LogP) is 2.96. The molecule has 2 rings (SSSR count). The molecule has 0 saturated carbocycles. The fourth-order valence-electron chi connectivity index (χ4n) is 2.55. The van der Waals surface area contributed by atoms with Crippen molar-refractivity contribution in [3.63, 3.8) is 0 Å². The van der Waals surface area contributed by atoms with E-state index in [4.69, 9.17) is 19.9 Å². The quantitative estimate of drug-likeness (QED) is 0.768. The van der Waals surface area contributed by atoms with E-state index in [-0.39, 0.29) is 0 Å². The summed E-state index contributed by atoms with van der Waals surface area (Å²) in [6.07, 6.45) is 0.592. The smallest absolute Gasteiger partial charge is 0.203 e. The fourth-order valence-corrected chi connectivity index (χ4v) is 2.55. The summed E-state index contributed by atoms with van der Waals surface area (Å²) in [7, 11) is 4.74. The van der Waals surface area contributed by atoms with Crippen LogP contribution in [-0.4, -0.2) is 26.4 Å². The minimum absolute atomic E-state index is 0.548. The Morgan fingerprint density at radius 3 is 2.13 bits per heavy atom. The third kappa shape index (κ3) is 3.87. The minimum atomic E-state index is -0.615. The van der Waals surface area contributed by atoms with Crippen LogP contribution < -0.4 is 19.9 Å². The van der Waals surface area contributed by atoms with Crippen LogP contribution in [0.5, 0.6) is 17.2 Å². The molecule has 5 heteroatoms. The standard InChI is InChI=1S/C18H23NO4/c1-21-16-10-12(11-17(22-2)18(16)23-3)8-9-15(20)13-6-4-5-7-14(13)19/h4-7,10-11,15,20H,8-9,19H2,1-3H3. The molecule has 0 amide bonds. The second kappa shape index (κ2) is 7.74. The lowest BCUT2D eigenvalue weighted by atomic mass is 9.99. The lowest BCUT2D eigenvalue weighted by Gasteiger charge is -2.16. The molecule has 3 N–H and O–H groups in total. The second-order valence-corrected chi connectivity index (χ2v) is 5.22. The Labute approximate surface area is 136 Å². The van der Waals surface area contributed by atoms with Gasteiger partial charge in [0, 0.05) is 11.3 Å². The maximum absolute atomic E-state index is 10.3. The van der Waals surface area contributed by atoms with Crippen LogP contribution in [0.1, 0.15) is 23.7 Å². The Bertz CT molecular complexity index is 632. The van der Waals surface area contributed by atoms with E-state index in [0.29, 0.717) is 35.8 Å². The van der Waals surface area contributed by atoms with Crippen LogP contribution in [0.25, 0.3) is 0 Å². The van der Waals surface area contributed by atoms with Gasteiger partial charge in [-0.1, -0.05) is 18.2 Å². The number of aliphatic hydroxyl groups is 1. The average Bonchev–Trinajstić information content (AvgIpc) is 2.58. The number of nitrogens with two attached hydrogens (primary N) is 1. The molecule has 0 aliphatic carbocycles. The number of aryl methyl sites for hydroxylation is 1. The number of rotatable bonds is 7. The third-order valence-corrected chi connectivity index (χ3v) is 3.79. The van der Waals surface area contributed by atoms with Crippen molar-refractivity contribution >= 4 is 5.69 Å². The first-order valence-electron chi connectivity index (χ1n) is 7.42. The Morgan fingerprint density at radius 2 is 1.61 bits per heavy atom. The SMILES string of the molecule is COc1cc(CCC(O)c2ccccc2N)cc(OC)c1OC. The summed E-state index contributed by atoms with van der Waals surface area (Å²) < 4.78 is 16.0. The van der Waals surface area contributed by atoms with Crippen LogP contribution in [0.15, 0.2) is 36.4 Å². The molecule has 0 spiro atoms. The molecule has 23 heavy (non-hydrogen) atoms. The van der Waals surface area contributed by atoms with Gasteiger partial charge in [0.1, 0.15) is 0 Å². The zero-order valence-electron chi connectivity index (χ0n) is 13.7. The molecule has 1 unspecified atom stereocenters. The lowest BCUT2D eigenvalue weighted by molar-refractivity contribution is 0.168. The van der Waals surface area contributed by atoms with Crippen molar-refractivity contribution in [3.8, 4) is 17.2 Å². The number of ether oxygens (including phenoxy) is 3. The molecule has 1 atom stereocenters. The van der Waals surface area contributed by atoms with E-state index in [1.165, 1.54) is 0 Å². The Hall–Kier alpha value is -2.40. The highest BCUT2D eigenvalue weighted by molar-refractivity contribution is 5.54. The van der Waals surface area contributed by atoms with Gasteiger partial charge in [0.05, 0.1) is 27.4 Å². The molecule has 0 heterocycles. The van der Waals surface area contributed by atoms with Crippen molar-refractivity contribution in [1.82, 2.24) is 0 Å². The molecule has 0 aromatic heterocycles. The fraction of sp³-hybridized carbons (Fsp3) is 0.333. The van der Waals surface area contributed by atoms with Gasteiger partial charge in [0.15, 0.2) is 11.5 Å². The molecule has 5 nitrogen and oxygen atoms in total. The van der Waals surface area contributed by atoms with Gasteiger partial charge in [-0.15, -0.1) is 0 Å². The van der Waals surface area contributed by atoms with Gasteiger partial charge >= 0.3 is 0 Å². The summed E-state index contributed by atoms with van der Waals surface area (Å²) in [6, 6.07) is 11.1. The van der Waals surface area contributed by atoms with E-state index in [1.54, 1.807) is 27.4 Å². The van der Waals surface area contributed by atoms with Crippen molar-refractivity contribution in [2.24, 2.45) is 0 Å². The third-order valence-electron chi connectivity index (χ3n) is 3.79. The van der Waals surface area contributed by atoms with Crippen molar-refractivity contribution < 1.29 is 19.3 Å². The summed E-state index contributed by atoms with van der Waals surface area (Å²) >= 11 is 0.